The lowest BCUT2D eigenvalue weighted by atomic mass is 10.2. The molecule has 0 radical (unpaired) electrons. The van der Waals surface area contributed by atoms with Crippen LogP contribution in [0.15, 0.2) is 21.5 Å². The van der Waals surface area contributed by atoms with Crippen LogP contribution in [0.25, 0.3) is 0 Å². The topological polar surface area (TPSA) is 89.5 Å². The first-order valence-electron chi connectivity index (χ1n) is 5.81. The van der Waals surface area contributed by atoms with Crippen molar-refractivity contribution in [3.05, 3.63) is 22.2 Å². The number of methoxy groups -OCH3 is 1. The van der Waals surface area contributed by atoms with Crippen LogP contribution in [0, 0.1) is 6.92 Å². The summed E-state index contributed by atoms with van der Waals surface area (Å²) < 4.78 is 54.0. The van der Waals surface area contributed by atoms with Crippen molar-refractivity contribution in [3.8, 4) is 0 Å². The molecule has 0 unspecified atom stereocenters. The van der Waals surface area contributed by atoms with E-state index in [2.05, 4.69) is 20.7 Å². The number of anilines is 1. The van der Waals surface area contributed by atoms with E-state index in [9.17, 15) is 16.8 Å². The predicted molar refractivity (Wildman–Crippen MR) is 85.8 cm³/mol. The largest absolute Gasteiger partial charge is 0.385 e. The normalized spacial score (nSPS) is 12.4. The van der Waals surface area contributed by atoms with Gasteiger partial charge in [-0.05, 0) is 47.0 Å². The van der Waals surface area contributed by atoms with Gasteiger partial charge in [-0.15, -0.1) is 0 Å². The Morgan fingerprint density at radius 1 is 1.29 bits per heavy atom. The van der Waals surface area contributed by atoms with Crippen LogP contribution in [0.2, 0.25) is 0 Å². The Hall–Kier alpha value is -0.350. The fourth-order valence-corrected chi connectivity index (χ4v) is 4.65. The van der Waals surface area contributed by atoms with E-state index in [4.69, 9.17) is 15.4 Å². The fraction of sp³-hybridized carbons (Fsp3) is 0.455. The highest BCUT2D eigenvalue weighted by Gasteiger charge is 2.18. The van der Waals surface area contributed by atoms with Gasteiger partial charge in [-0.25, -0.2) is 16.8 Å². The second-order valence-corrected chi connectivity index (χ2v) is 9.53. The third kappa shape index (κ3) is 5.74. The molecular formula is C11H15BrClNO5S2. The van der Waals surface area contributed by atoms with Crippen molar-refractivity contribution in [2.45, 2.75) is 18.2 Å². The predicted octanol–water partition coefficient (Wildman–Crippen LogP) is 2.46. The SMILES string of the molecule is COCCCS(=O)(=O)Nc1cc(C)c(S(=O)(=O)Cl)cc1Br. The Kier molecular flexibility index (Phi) is 6.48. The Morgan fingerprint density at radius 2 is 1.90 bits per heavy atom. The minimum Gasteiger partial charge on any atom is -0.385 e. The maximum atomic E-state index is 11.9. The minimum absolute atomic E-state index is 0.0710. The van der Waals surface area contributed by atoms with Crippen LogP contribution in [0.3, 0.4) is 0 Å². The Bertz CT molecular complexity index is 718. The van der Waals surface area contributed by atoms with Crippen molar-refractivity contribution in [2.24, 2.45) is 0 Å². The van der Waals surface area contributed by atoms with E-state index in [1.807, 2.05) is 0 Å². The van der Waals surface area contributed by atoms with E-state index in [1.54, 1.807) is 0 Å². The standard InChI is InChI=1S/C11H15BrClNO5S2/c1-8-6-10(9(12)7-11(8)21(13,17)18)14-20(15,16)5-3-4-19-2/h6-7,14H,3-5H2,1-2H3. The molecular weight excluding hydrogens is 406 g/mol. The summed E-state index contributed by atoms with van der Waals surface area (Å²) in [5.74, 6) is -0.0954. The number of ether oxygens (including phenoxy) is 1. The van der Waals surface area contributed by atoms with Crippen LogP contribution < -0.4 is 4.72 Å². The highest BCUT2D eigenvalue weighted by Crippen LogP contribution is 2.31. The van der Waals surface area contributed by atoms with Gasteiger partial charge in [-0.1, -0.05) is 0 Å². The minimum atomic E-state index is -3.89. The number of halogens is 2. The molecule has 0 saturated heterocycles. The lowest BCUT2D eigenvalue weighted by molar-refractivity contribution is 0.199. The van der Waals surface area contributed by atoms with Crippen molar-refractivity contribution < 1.29 is 21.6 Å². The molecule has 0 atom stereocenters. The average Bonchev–Trinajstić information content (AvgIpc) is 2.31. The summed E-state index contributed by atoms with van der Waals surface area (Å²) in [6.07, 6.45) is 0.358. The fourth-order valence-electron chi connectivity index (χ4n) is 1.62. The molecule has 0 aliphatic rings. The number of nitrogens with one attached hydrogen (secondary N) is 1. The van der Waals surface area contributed by atoms with Crippen LogP contribution in [0.5, 0.6) is 0 Å². The molecule has 0 bridgehead atoms. The van der Waals surface area contributed by atoms with Crippen molar-refractivity contribution >= 4 is 51.4 Å². The molecule has 1 aromatic carbocycles. The summed E-state index contributed by atoms with van der Waals surface area (Å²) in [7, 11) is -0.626. The molecule has 1 rings (SSSR count). The molecule has 0 saturated carbocycles. The number of hydrogen-bond acceptors (Lipinski definition) is 5. The van der Waals surface area contributed by atoms with Gasteiger partial charge < -0.3 is 4.74 Å². The first kappa shape index (κ1) is 18.7. The van der Waals surface area contributed by atoms with Crippen LogP contribution in [-0.2, 0) is 23.8 Å². The van der Waals surface area contributed by atoms with Gasteiger partial charge in [0.25, 0.3) is 9.05 Å². The highest BCUT2D eigenvalue weighted by atomic mass is 79.9. The number of aryl methyl sites for hydroxylation is 1. The molecule has 0 aromatic heterocycles. The highest BCUT2D eigenvalue weighted by molar-refractivity contribution is 9.10. The lowest BCUT2D eigenvalue weighted by Crippen LogP contribution is -2.18. The molecule has 0 amide bonds. The van der Waals surface area contributed by atoms with Crippen LogP contribution in [0.1, 0.15) is 12.0 Å². The number of rotatable bonds is 7. The zero-order valence-electron chi connectivity index (χ0n) is 11.4. The third-order valence-electron chi connectivity index (χ3n) is 2.55. The number of hydrogen-bond donors (Lipinski definition) is 1. The summed E-state index contributed by atoms with van der Waals surface area (Å²) in [6, 6.07) is 2.68. The van der Waals surface area contributed by atoms with E-state index in [-0.39, 0.29) is 16.3 Å². The van der Waals surface area contributed by atoms with E-state index in [0.29, 0.717) is 23.1 Å². The van der Waals surface area contributed by atoms with Gasteiger partial charge in [0.15, 0.2) is 0 Å². The van der Waals surface area contributed by atoms with Crippen LogP contribution in [-0.4, -0.2) is 36.3 Å². The second-order valence-electron chi connectivity index (χ2n) is 4.30. The summed E-state index contributed by atoms with van der Waals surface area (Å²) in [5.41, 5.74) is 0.608. The van der Waals surface area contributed by atoms with Gasteiger partial charge in [-0.3, -0.25) is 4.72 Å². The molecule has 1 N–H and O–H groups in total. The maximum absolute atomic E-state index is 11.9. The third-order valence-corrected chi connectivity index (χ3v) is 6.03. The summed E-state index contributed by atoms with van der Waals surface area (Å²) in [4.78, 5) is -0.0710. The number of benzene rings is 1. The van der Waals surface area contributed by atoms with E-state index in [0.717, 1.165) is 0 Å². The molecule has 6 nitrogen and oxygen atoms in total. The maximum Gasteiger partial charge on any atom is 0.261 e. The summed E-state index contributed by atoms with van der Waals surface area (Å²) >= 11 is 3.13. The van der Waals surface area contributed by atoms with Gasteiger partial charge in [0.05, 0.1) is 16.3 Å². The summed E-state index contributed by atoms with van der Waals surface area (Å²) in [5, 5.41) is 0. The quantitative estimate of drug-likeness (QED) is 0.540. The molecule has 0 aliphatic carbocycles. The van der Waals surface area contributed by atoms with E-state index >= 15 is 0 Å². The van der Waals surface area contributed by atoms with Crippen molar-refractivity contribution in [2.75, 3.05) is 24.2 Å². The lowest BCUT2D eigenvalue weighted by Gasteiger charge is -2.12. The first-order chi connectivity index (χ1) is 9.57. The first-order valence-corrected chi connectivity index (χ1v) is 10.6. The second kappa shape index (κ2) is 7.28. The molecule has 1 aromatic rings. The zero-order chi connectivity index (χ0) is 16.3. The van der Waals surface area contributed by atoms with Gasteiger partial charge >= 0.3 is 0 Å². The van der Waals surface area contributed by atoms with Crippen molar-refractivity contribution in [1.29, 1.82) is 0 Å². The van der Waals surface area contributed by atoms with E-state index < -0.39 is 19.1 Å². The van der Waals surface area contributed by atoms with Gasteiger partial charge in [0.2, 0.25) is 10.0 Å². The smallest absolute Gasteiger partial charge is 0.261 e. The van der Waals surface area contributed by atoms with Crippen LogP contribution >= 0.6 is 26.6 Å². The van der Waals surface area contributed by atoms with Crippen molar-refractivity contribution in [3.63, 3.8) is 0 Å². The average molecular weight is 421 g/mol. The zero-order valence-corrected chi connectivity index (χ0v) is 15.4. The van der Waals surface area contributed by atoms with Crippen LogP contribution in [0.4, 0.5) is 5.69 Å². The molecule has 120 valence electrons. The molecule has 0 heterocycles. The van der Waals surface area contributed by atoms with Gasteiger partial charge in [-0.2, -0.15) is 0 Å². The Morgan fingerprint density at radius 3 is 2.43 bits per heavy atom. The molecule has 0 fully saturated rings. The Balaban J connectivity index is 3.03. The monoisotopic (exact) mass is 419 g/mol. The molecule has 21 heavy (non-hydrogen) atoms. The molecule has 0 aliphatic heterocycles. The Labute approximate surface area is 137 Å². The van der Waals surface area contributed by atoms with Gasteiger partial charge in [0.1, 0.15) is 0 Å². The van der Waals surface area contributed by atoms with Crippen molar-refractivity contribution in [1.82, 2.24) is 0 Å². The summed E-state index contributed by atoms with van der Waals surface area (Å²) in [6.45, 7) is 1.87. The molecule has 10 heteroatoms. The number of sulfonamides is 1. The molecule has 0 spiro atoms. The van der Waals surface area contributed by atoms with Gasteiger partial charge in [0, 0.05) is 28.9 Å². The van der Waals surface area contributed by atoms with E-state index in [1.165, 1.54) is 26.2 Å².